The van der Waals surface area contributed by atoms with Crippen LogP contribution in [0.25, 0.3) is 0 Å². The van der Waals surface area contributed by atoms with Crippen molar-refractivity contribution in [3.8, 4) is 12.4 Å². The maximum absolute atomic E-state index is 14.2. The molecular formula is C20H15N4OP. The Kier molecular flexibility index (Phi) is 5.04. The Bertz CT molecular complexity index is 953. The van der Waals surface area contributed by atoms with E-state index in [0.29, 0.717) is 22.0 Å². The molecule has 0 atom stereocenters. The largest absolute Gasteiger partial charge is 0.309 e. The average molecular weight is 358 g/mol. The van der Waals surface area contributed by atoms with Gasteiger partial charge in [0.2, 0.25) is 0 Å². The molecule has 2 N–H and O–H groups in total. The van der Waals surface area contributed by atoms with E-state index in [0.717, 1.165) is 5.30 Å². The van der Waals surface area contributed by atoms with Crippen molar-refractivity contribution in [3.63, 3.8) is 0 Å². The Morgan fingerprint density at radius 3 is 1.38 bits per heavy atom. The quantitative estimate of drug-likeness (QED) is 0.416. The third kappa shape index (κ3) is 3.30. The Hall–Kier alpha value is -3.53. The molecule has 0 heterocycles. The van der Waals surface area contributed by atoms with Gasteiger partial charge in [0.25, 0.3) is 0 Å². The van der Waals surface area contributed by atoms with Crippen LogP contribution in [-0.4, -0.2) is 0 Å². The molecule has 0 amide bonds. The molecule has 3 rings (SSSR count). The lowest BCUT2D eigenvalue weighted by molar-refractivity contribution is 0.592. The van der Waals surface area contributed by atoms with Crippen LogP contribution < -0.4 is 26.5 Å². The molecule has 0 radical (unpaired) electrons. The van der Waals surface area contributed by atoms with Gasteiger partial charge in [0.05, 0.1) is 0 Å². The van der Waals surface area contributed by atoms with E-state index in [1.54, 1.807) is 48.5 Å². The highest BCUT2D eigenvalue weighted by molar-refractivity contribution is 7.85. The first-order valence-corrected chi connectivity index (χ1v) is 9.56. The van der Waals surface area contributed by atoms with Gasteiger partial charge in [-0.15, -0.1) is 0 Å². The number of anilines is 2. The first kappa shape index (κ1) is 17.3. The Morgan fingerprint density at radius 2 is 1.00 bits per heavy atom. The van der Waals surface area contributed by atoms with Crippen LogP contribution in [0.2, 0.25) is 0 Å². The third-order valence-corrected chi connectivity index (χ3v) is 7.06. The molecule has 26 heavy (non-hydrogen) atoms. The van der Waals surface area contributed by atoms with Crippen molar-refractivity contribution in [2.45, 2.75) is 0 Å². The minimum Gasteiger partial charge on any atom is -0.309 e. The molecule has 0 saturated carbocycles. The number of benzene rings is 3. The summed E-state index contributed by atoms with van der Waals surface area (Å²) >= 11 is 0. The summed E-state index contributed by atoms with van der Waals surface area (Å²) < 4.78 is 14.2. The van der Waals surface area contributed by atoms with Gasteiger partial charge in [0, 0.05) is 27.3 Å². The summed E-state index contributed by atoms with van der Waals surface area (Å²) in [4.78, 5) is 0. The van der Waals surface area contributed by atoms with Gasteiger partial charge < -0.3 is 4.57 Å². The van der Waals surface area contributed by atoms with Crippen LogP contribution in [0.15, 0.2) is 78.9 Å². The second kappa shape index (κ2) is 7.57. The highest BCUT2D eigenvalue weighted by atomic mass is 31.2. The fraction of sp³-hybridized carbons (Fsp3) is 0. The standard InChI is InChI=1S/C20H15N4OP/c21-14-23-16-6-10-19(11-7-16)26(25,18-4-2-1-3-5-18)20-12-8-17(9-13-20)24-15-22/h1-13,23-24H. The van der Waals surface area contributed by atoms with Crippen LogP contribution in [-0.2, 0) is 4.57 Å². The topological polar surface area (TPSA) is 88.7 Å². The molecule has 6 heteroatoms. The molecule has 0 saturated heterocycles. The zero-order valence-electron chi connectivity index (χ0n) is 13.8. The van der Waals surface area contributed by atoms with Crippen molar-refractivity contribution >= 4 is 34.4 Å². The van der Waals surface area contributed by atoms with E-state index in [2.05, 4.69) is 10.6 Å². The molecule has 0 unspecified atom stereocenters. The fourth-order valence-electron chi connectivity index (χ4n) is 2.72. The SMILES string of the molecule is N#CNc1ccc(P(=O)(c2ccccc2)c2ccc(NC#N)cc2)cc1. The summed E-state index contributed by atoms with van der Waals surface area (Å²) in [7, 11) is -3.08. The van der Waals surface area contributed by atoms with Gasteiger partial charge >= 0.3 is 0 Å². The molecule has 0 fully saturated rings. The monoisotopic (exact) mass is 358 g/mol. The first-order chi connectivity index (χ1) is 12.7. The highest BCUT2D eigenvalue weighted by Crippen LogP contribution is 2.42. The molecule has 0 aliphatic heterocycles. The van der Waals surface area contributed by atoms with Crippen LogP contribution in [0.5, 0.6) is 0 Å². The van der Waals surface area contributed by atoms with Gasteiger partial charge in [0.15, 0.2) is 19.5 Å². The Balaban J connectivity index is 2.13. The predicted molar refractivity (Wildman–Crippen MR) is 104 cm³/mol. The zero-order chi connectivity index (χ0) is 18.4. The van der Waals surface area contributed by atoms with Crippen LogP contribution in [0.3, 0.4) is 0 Å². The number of hydrogen-bond donors (Lipinski definition) is 2. The summed E-state index contributed by atoms with van der Waals surface area (Å²) in [6.45, 7) is 0. The average Bonchev–Trinajstić information content (AvgIpc) is 2.70. The number of rotatable bonds is 5. The lowest BCUT2D eigenvalue weighted by atomic mass is 10.3. The summed E-state index contributed by atoms with van der Waals surface area (Å²) in [5.41, 5.74) is 1.29. The Morgan fingerprint density at radius 1 is 0.615 bits per heavy atom. The molecule has 0 aliphatic rings. The van der Waals surface area contributed by atoms with Crippen LogP contribution >= 0.6 is 7.14 Å². The van der Waals surface area contributed by atoms with E-state index >= 15 is 0 Å². The minimum absolute atomic E-state index is 0.643. The van der Waals surface area contributed by atoms with Gasteiger partial charge in [-0.1, -0.05) is 30.3 Å². The van der Waals surface area contributed by atoms with Gasteiger partial charge in [0.1, 0.15) is 0 Å². The van der Waals surface area contributed by atoms with Gasteiger partial charge in [-0.2, -0.15) is 10.5 Å². The third-order valence-electron chi connectivity index (χ3n) is 3.98. The van der Waals surface area contributed by atoms with Crippen LogP contribution in [0.1, 0.15) is 0 Å². The molecule has 0 aromatic heterocycles. The number of nitrogens with zero attached hydrogens (tertiary/aromatic N) is 2. The van der Waals surface area contributed by atoms with Gasteiger partial charge in [-0.05, 0) is 48.5 Å². The zero-order valence-corrected chi connectivity index (χ0v) is 14.6. The van der Waals surface area contributed by atoms with Crippen molar-refractivity contribution < 1.29 is 4.57 Å². The summed E-state index contributed by atoms with van der Waals surface area (Å²) in [6.07, 6.45) is 3.74. The lowest BCUT2D eigenvalue weighted by Gasteiger charge is -2.20. The minimum atomic E-state index is -3.08. The van der Waals surface area contributed by atoms with E-state index in [9.17, 15) is 4.57 Å². The van der Waals surface area contributed by atoms with Gasteiger partial charge in [-0.3, -0.25) is 10.6 Å². The summed E-state index contributed by atoms with van der Waals surface area (Å²) in [5.74, 6) is 0. The number of hydrogen-bond acceptors (Lipinski definition) is 5. The second-order valence-electron chi connectivity index (χ2n) is 5.51. The van der Waals surface area contributed by atoms with E-state index in [1.807, 2.05) is 42.7 Å². The van der Waals surface area contributed by atoms with Crippen molar-refractivity contribution in [2.75, 3.05) is 10.6 Å². The van der Waals surface area contributed by atoms with E-state index in [1.165, 1.54) is 0 Å². The van der Waals surface area contributed by atoms with Crippen LogP contribution in [0, 0.1) is 22.9 Å². The molecule has 0 bridgehead atoms. The molecule has 0 aliphatic carbocycles. The molecular weight excluding hydrogens is 343 g/mol. The molecule has 0 spiro atoms. The van der Waals surface area contributed by atoms with Crippen molar-refractivity contribution in [1.29, 1.82) is 10.5 Å². The highest BCUT2D eigenvalue weighted by Gasteiger charge is 2.29. The van der Waals surface area contributed by atoms with E-state index in [-0.39, 0.29) is 0 Å². The van der Waals surface area contributed by atoms with Crippen molar-refractivity contribution in [2.24, 2.45) is 0 Å². The predicted octanol–water partition coefficient (Wildman–Crippen LogP) is 3.11. The maximum Gasteiger partial charge on any atom is 0.181 e. The molecule has 126 valence electrons. The first-order valence-electron chi connectivity index (χ1n) is 7.85. The number of nitrogens with one attached hydrogen (secondary N) is 2. The molecule has 5 nitrogen and oxygen atoms in total. The van der Waals surface area contributed by atoms with Crippen LogP contribution in [0.4, 0.5) is 11.4 Å². The summed E-state index contributed by atoms with van der Waals surface area (Å²) in [5, 5.41) is 24.7. The van der Waals surface area contributed by atoms with Crippen molar-refractivity contribution in [3.05, 3.63) is 78.9 Å². The van der Waals surface area contributed by atoms with E-state index in [4.69, 9.17) is 10.5 Å². The van der Waals surface area contributed by atoms with Crippen molar-refractivity contribution in [1.82, 2.24) is 0 Å². The second-order valence-corrected chi connectivity index (χ2v) is 8.28. The normalized spacial score (nSPS) is 10.4. The maximum atomic E-state index is 14.2. The fourth-order valence-corrected chi connectivity index (χ4v) is 5.35. The van der Waals surface area contributed by atoms with E-state index < -0.39 is 7.14 Å². The Labute approximate surface area is 151 Å². The number of nitriles is 2. The van der Waals surface area contributed by atoms with Gasteiger partial charge in [-0.25, -0.2) is 0 Å². The molecule has 3 aromatic rings. The molecule has 3 aromatic carbocycles. The lowest BCUT2D eigenvalue weighted by Crippen LogP contribution is -2.25. The smallest absolute Gasteiger partial charge is 0.181 e. The summed E-state index contributed by atoms with van der Waals surface area (Å²) in [6, 6.07) is 23.3.